The summed E-state index contributed by atoms with van der Waals surface area (Å²) in [6.45, 7) is 0. The first-order valence-corrected chi connectivity index (χ1v) is 5.28. The molecule has 90 valence electrons. The van der Waals surface area contributed by atoms with Gasteiger partial charge in [0, 0.05) is 17.2 Å². The van der Waals surface area contributed by atoms with Gasteiger partial charge in [-0.1, -0.05) is 11.6 Å². The number of halogens is 3. The molecule has 18 heavy (non-hydrogen) atoms. The zero-order chi connectivity index (χ0) is 13.3. The molecule has 2 rings (SSSR count). The quantitative estimate of drug-likeness (QED) is 0.851. The molecule has 2 nitrogen and oxygen atoms in total. The summed E-state index contributed by atoms with van der Waals surface area (Å²) in [7, 11) is 0. The van der Waals surface area contributed by atoms with Crippen molar-refractivity contribution in [2.45, 2.75) is 0 Å². The first-order valence-electron chi connectivity index (χ1n) is 4.91. The van der Waals surface area contributed by atoms with Crippen LogP contribution in [0, 0.1) is 23.0 Å². The maximum atomic E-state index is 13.6. The second-order valence-corrected chi connectivity index (χ2v) is 3.99. The fourth-order valence-corrected chi connectivity index (χ4v) is 1.77. The standard InChI is InChI=1S/C13H6ClF2NO/c14-11-5-13(18)10(3-7(11)6-17)9-4-8(15)1-2-12(9)16/h1-5,18H. The van der Waals surface area contributed by atoms with Crippen LogP contribution in [-0.4, -0.2) is 5.11 Å². The minimum Gasteiger partial charge on any atom is -0.507 e. The van der Waals surface area contributed by atoms with Crippen LogP contribution in [-0.2, 0) is 0 Å². The first kappa shape index (κ1) is 12.3. The number of hydrogen-bond acceptors (Lipinski definition) is 2. The molecule has 0 radical (unpaired) electrons. The lowest BCUT2D eigenvalue weighted by Crippen LogP contribution is -1.89. The Balaban J connectivity index is 2.71. The predicted molar refractivity (Wildman–Crippen MR) is 63.2 cm³/mol. The van der Waals surface area contributed by atoms with E-state index in [1.807, 2.05) is 6.07 Å². The van der Waals surface area contributed by atoms with Crippen LogP contribution in [0.25, 0.3) is 11.1 Å². The van der Waals surface area contributed by atoms with Gasteiger partial charge in [-0.2, -0.15) is 5.26 Å². The molecule has 0 heterocycles. The van der Waals surface area contributed by atoms with E-state index in [2.05, 4.69) is 0 Å². The van der Waals surface area contributed by atoms with Crippen molar-refractivity contribution in [1.82, 2.24) is 0 Å². The van der Waals surface area contributed by atoms with E-state index >= 15 is 0 Å². The Morgan fingerprint density at radius 2 is 1.83 bits per heavy atom. The largest absolute Gasteiger partial charge is 0.507 e. The van der Waals surface area contributed by atoms with E-state index in [0.29, 0.717) is 0 Å². The molecule has 0 bridgehead atoms. The Hall–Kier alpha value is -2.12. The molecule has 0 saturated heterocycles. The molecule has 1 N–H and O–H groups in total. The van der Waals surface area contributed by atoms with Crippen LogP contribution in [0.3, 0.4) is 0 Å². The summed E-state index contributed by atoms with van der Waals surface area (Å²) >= 11 is 5.71. The SMILES string of the molecule is N#Cc1cc(-c2cc(F)ccc2F)c(O)cc1Cl. The highest BCUT2D eigenvalue weighted by Crippen LogP contribution is 2.35. The van der Waals surface area contributed by atoms with Crippen LogP contribution in [0.15, 0.2) is 30.3 Å². The second kappa shape index (κ2) is 4.63. The summed E-state index contributed by atoms with van der Waals surface area (Å²) in [5, 5.41) is 18.6. The number of benzene rings is 2. The number of phenols is 1. The third-order valence-corrected chi connectivity index (χ3v) is 2.74. The van der Waals surface area contributed by atoms with Crippen LogP contribution in [0.1, 0.15) is 5.56 Å². The number of nitriles is 1. The molecule has 0 spiro atoms. The molecular weight excluding hydrogens is 260 g/mol. The van der Waals surface area contributed by atoms with Crippen LogP contribution in [0.4, 0.5) is 8.78 Å². The fourth-order valence-electron chi connectivity index (χ4n) is 1.57. The van der Waals surface area contributed by atoms with E-state index in [0.717, 1.165) is 24.3 Å². The Bertz CT molecular complexity index is 665. The summed E-state index contributed by atoms with van der Waals surface area (Å²) in [4.78, 5) is 0. The second-order valence-electron chi connectivity index (χ2n) is 3.59. The van der Waals surface area contributed by atoms with E-state index in [1.54, 1.807) is 0 Å². The number of nitrogens with zero attached hydrogens (tertiary/aromatic N) is 1. The minimum absolute atomic E-state index is 0.0213. The van der Waals surface area contributed by atoms with Crippen molar-refractivity contribution in [2.75, 3.05) is 0 Å². The lowest BCUT2D eigenvalue weighted by Gasteiger charge is -2.08. The molecule has 2 aromatic rings. The van der Waals surface area contributed by atoms with Crippen molar-refractivity contribution < 1.29 is 13.9 Å². The van der Waals surface area contributed by atoms with Crippen molar-refractivity contribution >= 4 is 11.6 Å². The van der Waals surface area contributed by atoms with Crippen molar-refractivity contribution in [2.24, 2.45) is 0 Å². The number of aromatic hydroxyl groups is 1. The molecule has 5 heteroatoms. The van der Waals surface area contributed by atoms with E-state index in [1.165, 1.54) is 6.07 Å². The molecule has 0 saturated carbocycles. The van der Waals surface area contributed by atoms with Crippen molar-refractivity contribution in [3.05, 3.63) is 52.6 Å². The van der Waals surface area contributed by atoms with Crippen LogP contribution in [0.2, 0.25) is 5.02 Å². The van der Waals surface area contributed by atoms with Gasteiger partial charge in [0.05, 0.1) is 10.6 Å². The lowest BCUT2D eigenvalue weighted by atomic mass is 10.0. The van der Waals surface area contributed by atoms with Crippen molar-refractivity contribution in [3.8, 4) is 22.9 Å². The Kier molecular flexibility index (Phi) is 3.17. The summed E-state index contributed by atoms with van der Waals surface area (Å²) in [6.07, 6.45) is 0. The van der Waals surface area contributed by atoms with Gasteiger partial charge >= 0.3 is 0 Å². The molecule has 0 aromatic heterocycles. The topological polar surface area (TPSA) is 44.0 Å². The average Bonchev–Trinajstić information content (AvgIpc) is 2.33. The normalized spacial score (nSPS) is 10.1. The molecule has 0 fully saturated rings. The minimum atomic E-state index is -0.696. The maximum absolute atomic E-state index is 13.6. The van der Waals surface area contributed by atoms with Gasteiger partial charge in [0.1, 0.15) is 23.5 Å². The third-order valence-electron chi connectivity index (χ3n) is 2.42. The highest BCUT2D eigenvalue weighted by atomic mass is 35.5. The number of rotatable bonds is 1. The Morgan fingerprint density at radius 3 is 2.50 bits per heavy atom. The fraction of sp³-hybridized carbons (Fsp3) is 0. The highest BCUT2D eigenvalue weighted by Gasteiger charge is 2.14. The van der Waals surface area contributed by atoms with Gasteiger partial charge in [-0.05, 0) is 24.3 Å². The zero-order valence-electron chi connectivity index (χ0n) is 8.92. The molecule has 2 aromatic carbocycles. The summed E-state index contributed by atoms with van der Waals surface area (Å²) in [5.41, 5.74) is -0.0262. The highest BCUT2D eigenvalue weighted by molar-refractivity contribution is 6.32. The van der Waals surface area contributed by atoms with E-state index in [-0.39, 0.29) is 27.5 Å². The molecule has 0 amide bonds. The number of phenolic OH excluding ortho intramolecular Hbond substituents is 1. The number of hydrogen-bond donors (Lipinski definition) is 1. The smallest absolute Gasteiger partial charge is 0.131 e. The van der Waals surface area contributed by atoms with E-state index in [4.69, 9.17) is 16.9 Å². The monoisotopic (exact) mass is 265 g/mol. The molecular formula is C13H6ClF2NO. The maximum Gasteiger partial charge on any atom is 0.131 e. The van der Waals surface area contributed by atoms with Gasteiger partial charge in [-0.3, -0.25) is 0 Å². The predicted octanol–water partition coefficient (Wildman–Crippen LogP) is 3.86. The van der Waals surface area contributed by atoms with Gasteiger partial charge in [0.25, 0.3) is 0 Å². The Morgan fingerprint density at radius 1 is 1.11 bits per heavy atom. The van der Waals surface area contributed by atoms with Crippen LogP contribution >= 0.6 is 11.6 Å². The van der Waals surface area contributed by atoms with Crippen LogP contribution < -0.4 is 0 Å². The molecule has 0 unspecified atom stereocenters. The first-order chi connectivity index (χ1) is 8.52. The van der Waals surface area contributed by atoms with Crippen LogP contribution in [0.5, 0.6) is 5.75 Å². The Labute approximate surface area is 107 Å². The van der Waals surface area contributed by atoms with E-state index in [9.17, 15) is 13.9 Å². The van der Waals surface area contributed by atoms with Gasteiger partial charge in [-0.25, -0.2) is 8.78 Å². The van der Waals surface area contributed by atoms with E-state index < -0.39 is 11.6 Å². The van der Waals surface area contributed by atoms with Crippen molar-refractivity contribution in [3.63, 3.8) is 0 Å². The van der Waals surface area contributed by atoms with Gasteiger partial charge in [0.2, 0.25) is 0 Å². The lowest BCUT2D eigenvalue weighted by molar-refractivity contribution is 0.476. The molecule has 0 aliphatic carbocycles. The third kappa shape index (κ3) is 2.13. The van der Waals surface area contributed by atoms with Crippen molar-refractivity contribution in [1.29, 1.82) is 5.26 Å². The molecule has 0 aliphatic heterocycles. The molecule has 0 atom stereocenters. The summed E-state index contributed by atoms with van der Waals surface area (Å²) in [6, 6.07) is 7.01. The summed E-state index contributed by atoms with van der Waals surface area (Å²) < 4.78 is 26.7. The van der Waals surface area contributed by atoms with Gasteiger partial charge in [0.15, 0.2) is 0 Å². The zero-order valence-corrected chi connectivity index (χ0v) is 9.67. The average molecular weight is 266 g/mol. The van der Waals surface area contributed by atoms with Gasteiger partial charge < -0.3 is 5.11 Å². The van der Waals surface area contributed by atoms with Gasteiger partial charge in [-0.15, -0.1) is 0 Å². The molecule has 0 aliphatic rings. The summed E-state index contributed by atoms with van der Waals surface area (Å²) in [5.74, 6) is -1.65.